The van der Waals surface area contributed by atoms with Gasteiger partial charge in [-0.2, -0.15) is 31.4 Å². The van der Waals surface area contributed by atoms with Crippen LogP contribution in [0.4, 0.5) is 37.8 Å². The van der Waals surface area contributed by atoms with Gasteiger partial charge in [-0.05, 0) is 6.92 Å². The van der Waals surface area contributed by atoms with Crippen LogP contribution < -0.4 is 20.5 Å². The van der Waals surface area contributed by atoms with Gasteiger partial charge in [0.25, 0.3) is 11.4 Å². The summed E-state index contributed by atoms with van der Waals surface area (Å²) in [6.07, 6.45) is -7.54. The fraction of sp³-hybridized carbons (Fsp3) is 0.591. The van der Waals surface area contributed by atoms with E-state index in [1.54, 1.807) is 21.8 Å². The molecule has 1 fully saturated rings. The minimum Gasteiger partial charge on any atom is -0.475 e. The maximum Gasteiger partial charge on any atom is 0.435 e. The number of halogens is 6. The molecule has 0 bridgehead atoms. The van der Waals surface area contributed by atoms with Crippen molar-refractivity contribution in [1.82, 2.24) is 25.1 Å². The van der Waals surface area contributed by atoms with Crippen LogP contribution in [0.3, 0.4) is 0 Å². The number of carbonyl (C=O) groups is 1. The fourth-order valence-electron chi connectivity index (χ4n) is 4.37. The number of ether oxygens (including phenoxy) is 2. The summed E-state index contributed by atoms with van der Waals surface area (Å²) in [5.41, 5.74) is -4.39. The Morgan fingerprint density at radius 3 is 2.72 bits per heavy atom. The molecule has 0 unspecified atom stereocenters. The number of carbonyl (C=O) groups excluding carboxylic acids is 1. The number of rotatable bonds is 7. The predicted octanol–water partition coefficient (Wildman–Crippen LogP) is 2.30. The van der Waals surface area contributed by atoms with Gasteiger partial charge in [0, 0.05) is 32.1 Å². The van der Waals surface area contributed by atoms with E-state index >= 15 is 0 Å². The van der Waals surface area contributed by atoms with Crippen molar-refractivity contribution in [2.75, 3.05) is 49.7 Å². The molecular formula is C22H25F6N7O4. The second kappa shape index (κ2) is 11.2. The Bertz CT molecular complexity index is 1240. The number of H-pyrrole nitrogens is 1. The Hall–Kier alpha value is -3.63. The van der Waals surface area contributed by atoms with Crippen LogP contribution >= 0.6 is 0 Å². The first kappa shape index (κ1) is 28.4. The summed E-state index contributed by atoms with van der Waals surface area (Å²) < 4.78 is 89.4. The highest BCUT2D eigenvalue weighted by molar-refractivity contribution is 5.76. The predicted molar refractivity (Wildman–Crippen MR) is 123 cm³/mol. The number of nitrogens with zero attached hydrogens (tertiary/aromatic N) is 5. The number of hydrogen-bond acceptors (Lipinski definition) is 9. The maximum atomic E-state index is 13.2. The molecule has 2 aliphatic heterocycles. The lowest BCUT2D eigenvalue weighted by molar-refractivity contribution is -0.141. The van der Waals surface area contributed by atoms with Crippen molar-refractivity contribution in [2.45, 2.75) is 44.2 Å². The minimum atomic E-state index is -4.87. The maximum absolute atomic E-state index is 13.2. The average Bonchev–Trinajstić information content (AvgIpc) is 3.03. The molecule has 39 heavy (non-hydrogen) atoms. The van der Waals surface area contributed by atoms with E-state index in [-0.39, 0.29) is 49.9 Å². The Balaban J connectivity index is 1.26. The van der Waals surface area contributed by atoms with Crippen LogP contribution in [0, 0.1) is 0 Å². The Kier molecular flexibility index (Phi) is 8.17. The van der Waals surface area contributed by atoms with Gasteiger partial charge in [-0.3, -0.25) is 9.59 Å². The zero-order chi connectivity index (χ0) is 28.4. The lowest BCUT2D eigenvalue weighted by Crippen LogP contribution is -2.55. The van der Waals surface area contributed by atoms with E-state index in [0.717, 1.165) is 6.20 Å². The van der Waals surface area contributed by atoms with Crippen molar-refractivity contribution in [3.8, 4) is 5.88 Å². The molecule has 2 aromatic heterocycles. The summed E-state index contributed by atoms with van der Waals surface area (Å²) in [6.45, 7) is 2.55. The Morgan fingerprint density at radius 2 is 2.00 bits per heavy atom. The molecule has 0 spiro atoms. The molecule has 17 heteroatoms. The van der Waals surface area contributed by atoms with E-state index in [1.165, 1.54) is 0 Å². The summed E-state index contributed by atoms with van der Waals surface area (Å²) in [5.74, 6) is -0.203. The molecule has 4 rings (SSSR count). The van der Waals surface area contributed by atoms with Crippen LogP contribution in [0.5, 0.6) is 5.88 Å². The van der Waals surface area contributed by atoms with Crippen molar-refractivity contribution in [3.63, 3.8) is 0 Å². The van der Waals surface area contributed by atoms with Crippen molar-refractivity contribution in [1.29, 1.82) is 0 Å². The summed E-state index contributed by atoms with van der Waals surface area (Å²) in [6, 6.07) is -0.857. The number of amides is 1. The van der Waals surface area contributed by atoms with Gasteiger partial charge in [-0.25, -0.2) is 15.1 Å². The second-order valence-electron chi connectivity index (χ2n) is 9.06. The molecule has 0 aliphatic carbocycles. The van der Waals surface area contributed by atoms with Crippen molar-refractivity contribution < 1.29 is 40.6 Å². The molecule has 2 atom stereocenters. The molecule has 2 aliphatic rings. The van der Waals surface area contributed by atoms with Gasteiger partial charge in [0.2, 0.25) is 5.91 Å². The summed E-state index contributed by atoms with van der Waals surface area (Å²) in [5, 5.41) is 7.69. The van der Waals surface area contributed by atoms with E-state index in [4.69, 9.17) is 9.47 Å². The molecule has 0 radical (unpaired) electrons. The van der Waals surface area contributed by atoms with Gasteiger partial charge >= 0.3 is 12.4 Å². The number of hydrogen-bond donors (Lipinski definition) is 2. The first-order valence-corrected chi connectivity index (χ1v) is 11.9. The van der Waals surface area contributed by atoms with Crippen molar-refractivity contribution >= 4 is 17.4 Å². The van der Waals surface area contributed by atoms with Gasteiger partial charge in [0.15, 0.2) is 11.5 Å². The van der Waals surface area contributed by atoms with Gasteiger partial charge in [-0.1, -0.05) is 0 Å². The van der Waals surface area contributed by atoms with E-state index in [0.29, 0.717) is 32.3 Å². The Morgan fingerprint density at radius 1 is 1.23 bits per heavy atom. The summed E-state index contributed by atoms with van der Waals surface area (Å²) in [7, 11) is 0. The topological polar surface area (TPSA) is 126 Å². The van der Waals surface area contributed by atoms with E-state index in [9.17, 15) is 35.9 Å². The number of nitrogens with one attached hydrogen (secondary N) is 2. The van der Waals surface area contributed by atoms with Gasteiger partial charge in [0.1, 0.15) is 5.56 Å². The smallest absolute Gasteiger partial charge is 0.435 e. The molecule has 1 saturated heterocycles. The molecule has 2 N–H and O–H groups in total. The first-order valence-electron chi connectivity index (χ1n) is 11.9. The fourth-order valence-corrected chi connectivity index (χ4v) is 4.37. The second-order valence-corrected chi connectivity index (χ2v) is 9.06. The average molecular weight is 565 g/mol. The first-order chi connectivity index (χ1) is 18.3. The molecule has 2 aromatic rings. The lowest BCUT2D eigenvalue weighted by Gasteiger charge is -2.41. The van der Waals surface area contributed by atoms with Crippen molar-refractivity contribution in [2.24, 2.45) is 0 Å². The zero-order valence-electron chi connectivity index (χ0n) is 20.6. The normalized spacial score (nSPS) is 18.5. The molecule has 4 heterocycles. The van der Waals surface area contributed by atoms with E-state index in [2.05, 4.69) is 20.4 Å². The number of aromatic amines is 1. The van der Waals surface area contributed by atoms with E-state index < -0.39 is 40.9 Å². The highest BCUT2D eigenvalue weighted by atomic mass is 19.4. The highest BCUT2D eigenvalue weighted by Crippen LogP contribution is 2.35. The van der Waals surface area contributed by atoms with Crippen LogP contribution in [-0.2, 0) is 21.9 Å². The minimum absolute atomic E-state index is 0.00707. The quantitative estimate of drug-likeness (QED) is 0.384. The number of aromatic nitrogens is 4. The van der Waals surface area contributed by atoms with Crippen LogP contribution in [0.15, 0.2) is 17.2 Å². The molecule has 214 valence electrons. The van der Waals surface area contributed by atoms with Crippen molar-refractivity contribution in [3.05, 3.63) is 34.0 Å². The molecular weight excluding hydrogens is 540 g/mol. The van der Waals surface area contributed by atoms with Crippen LogP contribution in [-0.4, -0.2) is 82.5 Å². The third-order valence-corrected chi connectivity index (χ3v) is 6.18. The SMILES string of the molecule is C[C@@H](COCCC(=O)N1CCN2c3ncc(C(F)(F)F)nc3OCC[C@H]2C1)Nc1cn[nH]c(=O)c1C(F)(F)F. The number of anilines is 2. The van der Waals surface area contributed by atoms with Crippen LogP contribution in [0.2, 0.25) is 0 Å². The molecule has 0 aromatic carbocycles. The van der Waals surface area contributed by atoms with Gasteiger partial charge < -0.3 is 24.6 Å². The van der Waals surface area contributed by atoms with E-state index in [1.807, 2.05) is 0 Å². The largest absolute Gasteiger partial charge is 0.475 e. The zero-order valence-corrected chi connectivity index (χ0v) is 20.6. The van der Waals surface area contributed by atoms with Gasteiger partial charge in [-0.15, -0.1) is 0 Å². The lowest BCUT2D eigenvalue weighted by atomic mass is 10.1. The van der Waals surface area contributed by atoms with Crippen LogP contribution in [0.25, 0.3) is 0 Å². The Labute approximate surface area is 217 Å². The number of piperazine rings is 1. The molecule has 0 saturated carbocycles. The number of alkyl halides is 6. The summed E-state index contributed by atoms with van der Waals surface area (Å²) in [4.78, 5) is 35.2. The number of fused-ring (bicyclic) bond motifs is 3. The molecule has 1 amide bonds. The molecule has 11 nitrogen and oxygen atoms in total. The third kappa shape index (κ3) is 6.69. The van der Waals surface area contributed by atoms with Gasteiger partial charge in [0.05, 0.1) is 50.4 Å². The third-order valence-electron chi connectivity index (χ3n) is 6.18. The standard InChI is InChI=1S/C22H25F6N7O4/c1-12(31-14-8-30-33-19(37)17(14)22(26,27)28)11-38-6-3-16(36)34-4-5-35-13(10-34)2-7-39-20-18(35)29-9-15(32-20)21(23,24)25/h8-9,12-13H,2-7,10-11H2,1H3,(H2,31,33,37)/t12-,13-/m0/s1. The van der Waals surface area contributed by atoms with Crippen LogP contribution in [0.1, 0.15) is 31.0 Å². The summed E-state index contributed by atoms with van der Waals surface area (Å²) >= 11 is 0. The monoisotopic (exact) mass is 565 g/mol. The highest BCUT2D eigenvalue weighted by Gasteiger charge is 2.39.